The second-order valence-corrected chi connectivity index (χ2v) is 15.5. The molecule has 0 saturated carbocycles. The third-order valence-corrected chi connectivity index (χ3v) is 5.84. The van der Waals surface area contributed by atoms with Crippen molar-refractivity contribution < 1.29 is 43.2 Å². The van der Waals surface area contributed by atoms with Crippen molar-refractivity contribution in [2.45, 2.75) is 138 Å². The largest absolute Gasteiger partial charge is 0.444 e. The van der Waals surface area contributed by atoms with Gasteiger partial charge in [-0.2, -0.15) is 0 Å². The molecule has 0 aromatic carbocycles. The molecule has 0 aliphatic rings. The smallest absolute Gasteiger partial charge is 0.410 e. The lowest BCUT2D eigenvalue weighted by atomic mass is 10.0. The van der Waals surface area contributed by atoms with Gasteiger partial charge in [0.2, 0.25) is 0 Å². The van der Waals surface area contributed by atoms with Crippen LogP contribution in [0.25, 0.3) is 0 Å². The maximum atomic E-state index is 13.2. The van der Waals surface area contributed by atoms with Crippen LogP contribution in [0.1, 0.15) is 115 Å². The van der Waals surface area contributed by atoms with Crippen LogP contribution >= 0.6 is 0 Å². The van der Waals surface area contributed by atoms with Crippen molar-refractivity contribution in [3.63, 3.8) is 0 Å². The van der Waals surface area contributed by atoms with Gasteiger partial charge in [-0.05, 0) is 121 Å². The summed E-state index contributed by atoms with van der Waals surface area (Å²) in [5.74, 6) is -0.273. The Kier molecular flexibility index (Phi) is 18.4. The minimum absolute atomic E-state index is 0.130. The molecule has 0 aromatic rings. The molecule has 4 amide bonds. The first kappa shape index (κ1) is 43.0. The highest BCUT2D eigenvalue weighted by Crippen LogP contribution is 2.18. The number of carbonyl (C=O) groups excluding carboxylic acids is 4. The summed E-state index contributed by atoms with van der Waals surface area (Å²) in [5, 5.41) is 15.3. The van der Waals surface area contributed by atoms with Crippen LogP contribution < -0.4 is 10.6 Å². The normalized spacial score (nSPS) is 12.3. The molecule has 0 fully saturated rings. The van der Waals surface area contributed by atoms with Crippen LogP contribution in [-0.2, 0) is 18.9 Å². The average molecular weight is 661 g/mol. The second-order valence-electron chi connectivity index (χ2n) is 15.5. The molecule has 3 N–H and O–H groups in total. The van der Waals surface area contributed by atoms with E-state index in [4.69, 9.17) is 18.9 Å². The molecule has 0 unspecified atom stereocenters. The zero-order chi connectivity index (χ0) is 35.8. The lowest BCUT2D eigenvalue weighted by molar-refractivity contribution is 0.0124. The molecular weight excluding hydrogens is 596 g/mol. The quantitative estimate of drug-likeness (QED) is 0.132. The molecule has 0 aromatic heterocycles. The Hall–Kier alpha value is -2.96. The number of ether oxygens (including phenoxy) is 4. The Bertz CT molecular complexity index is 859. The van der Waals surface area contributed by atoms with Gasteiger partial charge in [0.1, 0.15) is 22.4 Å². The molecule has 0 aliphatic carbocycles. The SMILES string of the molecule is CC(C)(C)OC(=O)NCCCCN(CC(CCO)CN(CCCCNC(=O)OC(C)(C)C)C(=O)OC(C)(C)C)C(=O)OC(C)(C)C. The van der Waals surface area contributed by atoms with Crippen molar-refractivity contribution in [2.75, 3.05) is 45.9 Å². The Morgan fingerprint density at radius 3 is 1.17 bits per heavy atom. The van der Waals surface area contributed by atoms with E-state index in [1.54, 1.807) is 92.9 Å². The summed E-state index contributed by atoms with van der Waals surface area (Å²) in [6.07, 6.45) is 0.737. The van der Waals surface area contributed by atoms with E-state index in [1.807, 2.05) is 0 Å². The number of carbonyl (C=O) groups is 4. The standard InChI is InChI=1S/C33H64N4O9/c1-30(2,3)43-26(39)34-18-13-15-20-36(28(41)45-32(7,8)9)23-25(17-22-38)24-37(29(42)46-33(10,11)12)21-16-14-19-35-27(40)44-31(4,5)6/h25,38H,13-24H2,1-12H3,(H,34,39)(H,35,40). The van der Waals surface area contributed by atoms with Crippen LogP contribution in [0.2, 0.25) is 0 Å². The van der Waals surface area contributed by atoms with Crippen LogP contribution in [0, 0.1) is 5.92 Å². The number of unbranched alkanes of at least 4 members (excludes halogenated alkanes) is 2. The minimum atomic E-state index is -0.712. The fourth-order valence-electron chi connectivity index (χ4n) is 4.08. The molecule has 0 rings (SSSR count). The summed E-state index contributed by atoms with van der Waals surface area (Å²) in [7, 11) is 0. The Labute approximate surface area is 277 Å². The second kappa shape index (κ2) is 19.6. The number of alkyl carbamates (subject to hydrolysis) is 2. The van der Waals surface area contributed by atoms with E-state index in [-0.39, 0.29) is 25.6 Å². The van der Waals surface area contributed by atoms with Crippen molar-refractivity contribution in [3.05, 3.63) is 0 Å². The maximum Gasteiger partial charge on any atom is 0.410 e. The van der Waals surface area contributed by atoms with Gasteiger partial charge >= 0.3 is 24.4 Å². The molecular formula is C33H64N4O9. The van der Waals surface area contributed by atoms with E-state index < -0.39 is 46.8 Å². The molecule has 13 heteroatoms. The van der Waals surface area contributed by atoms with Crippen molar-refractivity contribution >= 4 is 24.4 Å². The Morgan fingerprint density at radius 2 is 0.891 bits per heavy atom. The van der Waals surface area contributed by atoms with E-state index >= 15 is 0 Å². The Morgan fingerprint density at radius 1 is 0.565 bits per heavy atom. The topological polar surface area (TPSA) is 156 Å². The van der Waals surface area contributed by atoms with Gasteiger partial charge in [-0.3, -0.25) is 0 Å². The van der Waals surface area contributed by atoms with Crippen molar-refractivity contribution in [3.8, 4) is 0 Å². The summed E-state index contributed by atoms with van der Waals surface area (Å²) in [6, 6.07) is 0. The highest BCUT2D eigenvalue weighted by atomic mass is 16.6. The maximum absolute atomic E-state index is 13.2. The van der Waals surface area contributed by atoms with Crippen molar-refractivity contribution in [2.24, 2.45) is 5.92 Å². The van der Waals surface area contributed by atoms with Crippen LogP contribution in [0.15, 0.2) is 0 Å². The number of aliphatic hydroxyl groups excluding tert-OH is 1. The van der Waals surface area contributed by atoms with Crippen molar-refractivity contribution in [1.82, 2.24) is 20.4 Å². The molecule has 0 radical (unpaired) electrons. The number of hydrogen-bond donors (Lipinski definition) is 3. The molecule has 46 heavy (non-hydrogen) atoms. The van der Waals surface area contributed by atoms with Gasteiger partial charge in [0.05, 0.1) is 0 Å². The summed E-state index contributed by atoms with van der Waals surface area (Å²) >= 11 is 0. The number of nitrogens with zero attached hydrogens (tertiary/aromatic N) is 2. The summed E-state index contributed by atoms with van der Waals surface area (Å²) in [6.45, 7) is 23.4. The lowest BCUT2D eigenvalue weighted by Crippen LogP contribution is -2.45. The fraction of sp³-hybridized carbons (Fsp3) is 0.879. The van der Waals surface area contributed by atoms with E-state index in [2.05, 4.69) is 10.6 Å². The predicted octanol–water partition coefficient (Wildman–Crippen LogP) is 6.07. The van der Waals surface area contributed by atoms with Gasteiger partial charge in [0.15, 0.2) is 0 Å². The molecule has 0 spiro atoms. The zero-order valence-corrected chi connectivity index (χ0v) is 30.7. The zero-order valence-electron chi connectivity index (χ0n) is 30.7. The average Bonchev–Trinajstić information content (AvgIpc) is 2.82. The number of aliphatic hydroxyl groups is 1. The van der Waals surface area contributed by atoms with Crippen molar-refractivity contribution in [1.29, 1.82) is 0 Å². The molecule has 0 bridgehead atoms. The van der Waals surface area contributed by atoms with E-state index in [0.717, 1.165) is 0 Å². The predicted molar refractivity (Wildman–Crippen MR) is 178 cm³/mol. The third kappa shape index (κ3) is 24.3. The molecule has 0 aliphatic heterocycles. The molecule has 0 saturated heterocycles. The molecule has 0 atom stereocenters. The van der Waals surface area contributed by atoms with Crippen LogP contribution in [-0.4, -0.2) is 108 Å². The molecule has 0 heterocycles. The van der Waals surface area contributed by atoms with E-state index in [1.165, 1.54) is 0 Å². The van der Waals surface area contributed by atoms with E-state index in [0.29, 0.717) is 58.3 Å². The number of rotatable bonds is 16. The van der Waals surface area contributed by atoms with Gasteiger partial charge < -0.3 is 44.5 Å². The number of amides is 4. The fourth-order valence-corrected chi connectivity index (χ4v) is 4.08. The molecule has 270 valence electrons. The van der Waals surface area contributed by atoms with Gasteiger partial charge in [-0.1, -0.05) is 0 Å². The molecule has 13 nitrogen and oxygen atoms in total. The number of hydrogen-bond acceptors (Lipinski definition) is 9. The van der Waals surface area contributed by atoms with Gasteiger partial charge in [-0.25, -0.2) is 19.2 Å². The monoisotopic (exact) mass is 660 g/mol. The highest BCUT2D eigenvalue weighted by molar-refractivity contribution is 5.69. The third-order valence-electron chi connectivity index (χ3n) is 5.84. The van der Waals surface area contributed by atoms with Crippen LogP contribution in [0.3, 0.4) is 0 Å². The van der Waals surface area contributed by atoms with E-state index in [9.17, 15) is 24.3 Å². The minimum Gasteiger partial charge on any atom is -0.444 e. The summed E-state index contributed by atoms with van der Waals surface area (Å²) < 4.78 is 21.9. The number of nitrogens with one attached hydrogen (secondary N) is 2. The first-order valence-corrected chi connectivity index (χ1v) is 16.4. The van der Waals surface area contributed by atoms with Crippen LogP contribution in [0.4, 0.5) is 19.2 Å². The van der Waals surface area contributed by atoms with Gasteiger partial charge in [0.25, 0.3) is 0 Å². The first-order chi connectivity index (χ1) is 20.9. The summed E-state index contributed by atoms with van der Waals surface area (Å²) in [4.78, 5) is 53.6. The van der Waals surface area contributed by atoms with Gasteiger partial charge in [-0.15, -0.1) is 0 Å². The highest BCUT2D eigenvalue weighted by Gasteiger charge is 2.29. The van der Waals surface area contributed by atoms with Crippen LogP contribution in [0.5, 0.6) is 0 Å². The first-order valence-electron chi connectivity index (χ1n) is 16.4. The Balaban J connectivity index is 5.52. The van der Waals surface area contributed by atoms with Gasteiger partial charge in [0, 0.05) is 45.9 Å². The lowest BCUT2D eigenvalue weighted by Gasteiger charge is -2.33. The summed E-state index contributed by atoms with van der Waals surface area (Å²) in [5.41, 5.74) is -2.61.